The summed E-state index contributed by atoms with van der Waals surface area (Å²) in [6, 6.07) is 29.4. The largest absolute Gasteiger partial charge is 0.497 e. The van der Waals surface area contributed by atoms with Crippen molar-refractivity contribution in [3.05, 3.63) is 95.6 Å². The maximum atomic E-state index is 10.8. The molecule has 298 valence electrons. The molecule has 0 spiro atoms. The lowest BCUT2D eigenvalue weighted by Crippen LogP contribution is -2.44. The van der Waals surface area contributed by atoms with Crippen LogP contribution in [0.2, 0.25) is 0 Å². The lowest BCUT2D eigenvalue weighted by molar-refractivity contribution is 0.0106. The first kappa shape index (κ1) is 45.4. The van der Waals surface area contributed by atoms with Crippen molar-refractivity contribution in [2.24, 2.45) is 0 Å². The zero-order valence-corrected chi connectivity index (χ0v) is 35.1. The average Bonchev–Trinajstić information content (AvgIpc) is 3.18. The smallest absolute Gasteiger partial charge is 0.256 e. The molecule has 0 saturated carbocycles. The first-order chi connectivity index (χ1) is 26.2. The highest BCUT2D eigenvalue weighted by Gasteiger charge is 2.38. The summed E-state index contributed by atoms with van der Waals surface area (Å²) in [4.78, 5) is 10.8. The summed E-state index contributed by atoms with van der Waals surface area (Å²) in [5.41, 5.74) is 2.24. The molecule has 0 aliphatic rings. The topological polar surface area (TPSA) is 84.2 Å². The fourth-order valence-corrected chi connectivity index (χ4v) is 8.81. The lowest BCUT2D eigenvalue weighted by atomic mass is 9.80. The normalized spacial score (nSPS) is 12.6. The molecule has 1 atom stereocenters. The van der Waals surface area contributed by atoms with Crippen LogP contribution in [0.25, 0.3) is 0 Å². The highest BCUT2D eigenvalue weighted by Crippen LogP contribution is 2.46. The molecule has 0 fully saturated rings. The summed E-state index contributed by atoms with van der Waals surface area (Å²) in [5, 5.41) is 9.00. The zero-order chi connectivity index (χ0) is 39.1. The first-order valence-corrected chi connectivity index (χ1v) is 21.6. The number of unbranched alkanes of at least 4 members (excludes halogenated alkanes) is 13. The second-order valence-electron chi connectivity index (χ2n) is 15.3. The molecule has 7 nitrogen and oxygen atoms in total. The van der Waals surface area contributed by atoms with Crippen LogP contribution >= 0.6 is 8.53 Å². The van der Waals surface area contributed by atoms with E-state index < -0.39 is 14.1 Å². The Hall–Kier alpha value is -2.98. The molecule has 0 aliphatic carbocycles. The SMILES string of the molecule is COc1ccc(C(OCCCCCCCCCCCCCCCCOP(O)N(C(C)C)C(C)(C)CCC#N)(c2ccccc2)c2ccc(OC)cc2)cc1. The van der Waals surface area contributed by atoms with E-state index in [1.54, 1.807) is 14.2 Å². The Labute approximate surface area is 329 Å². The van der Waals surface area contributed by atoms with Gasteiger partial charge in [-0.25, -0.2) is 4.67 Å². The van der Waals surface area contributed by atoms with Gasteiger partial charge in [0.15, 0.2) is 0 Å². The van der Waals surface area contributed by atoms with Gasteiger partial charge in [-0.15, -0.1) is 0 Å². The van der Waals surface area contributed by atoms with Crippen LogP contribution in [0.4, 0.5) is 0 Å². The molecule has 1 unspecified atom stereocenters. The molecule has 54 heavy (non-hydrogen) atoms. The van der Waals surface area contributed by atoms with Crippen molar-refractivity contribution in [2.45, 2.75) is 148 Å². The number of ether oxygens (including phenoxy) is 3. The van der Waals surface area contributed by atoms with Gasteiger partial charge in [0.05, 0.1) is 26.9 Å². The Morgan fingerprint density at radius 2 is 1.04 bits per heavy atom. The van der Waals surface area contributed by atoms with Crippen LogP contribution in [0.15, 0.2) is 78.9 Å². The van der Waals surface area contributed by atoms with Crippen molar-refractivity contribution < 1.29 is 23.6 Å². The van der Waals surface area contributed by atoms with Crippen molar-refractivity contribution in [2.75, 3.05) is 27.4 Å². The first-order valence-electron chi connectivity index (χ1n) is 20.5. The fourth-order valence-electron chi connectivity index (χ4n) is 7.44. The number of nitrogens with zero attached hydrogens (tertiary/aromatic N) is 2. The fraction of sp³-hybridized carbons (Fsp3) is 0.587. The number of nitriles is 1. The molecule has 3 rings (SSSR count). The molecule has 0 radical (unpaired) electrons. The number of benzene rings is 3. The van der Waals surface area contributed by atoms with Gasteiger partial charge in [0.1, 0.15) is 17.1 Å². The van der Waals surface area contributed by atoms with Gasteiger partial charge < -0.3 is 23.6 Å². The van der Waals surface area contributed by atoms with E-state index >= 15 is 0 Å². The maximum Gasteiger partial charge on any atom is 0.256 e. The van der Waals surface area contributed by atoms with E-state index in [1.165, 1.54) is 64.2 Å². The third kappa shape index (κ3) is 14.6. The molecule has 0 amide bonds. The average molecular weight is 761 g/mol. The summed E-state index contributed by atoms with van der Waals surface area (Å²) in [6.45, 7) is 9.59. The zero-order valence-electron chi connectivity index (χ0n) is 34.2. The Morgan fingerprint density at radius 1 is 0.630 bits per heavy atom. The Kier molecular flexibility index (Phi) is 21.2. The molecule has 0 saturated heterocycles. The van der Waals surface area contributed by atoms with E-state index in [-0.39, 0.29) is 11.6 Å². The predicted molar refractivity (Wildman–Crippen MR) is 224 cm³/mol. The van der Waals surface area contributed by atoms with Crippen molar-refractivity contribution in [1.29, 1.82) is 5.26 Å². The highest BCUT2D eigenvalue weighted by molar-refractivity contribution is 7.43. The van der Waals surface area contributed by atoms with E-state index in [0.29, 0.717) is 19.6 Å². The van der Waals surface area contributed by atoms with Crippen molar-refractivity contribution in [3.63, 3.8) is 0 Å². The van der Waals surface area contributed by atoms with Gasteiger partial charge in [-0.3, -0.25) is 0 Å². The quantitative estimate of drug-likeness (QED) is 0.0428. The number of methoxy groups -OCH3 is 2. The van der Waals surface area contributed by atoms with E-state index in [1.807, 2.05) is 28.9 Å². The molecule has 8 heteroatoms. The van der Waals surface area contributed by atoms with Crippen LogP contribution in [0.3, 0.4) is 0 Å². The minimum absolute atomic E-state index is 0.158. The molecule has 1 N–H and O–H groups in total. The van der Waals surface area contributed by atoms with Crippen LogP contribution in [0.5, 0.6) is 11.5 Å². The lowest BCUT2D eigenvalue weighted by Gasteiger charge is -2.42. The standard InChI is InChI=1S/C46H69N2O5P/c1-39(2)48(45(3,4)35-24-36-47)54(49)53-38-23-18-16-14-12-10-8-7-9-11-13-15-17-22-37-52-46(40-25-20-19-21-26-40,41-27-31-43(50-5)32-28-41)42-29-33-44(51-6)34-30-42/h19-21,25-34,39,49H,7-18,22-24,35,37-38H2,1-6H3. The Morgan fingerprint density at radius 3 is 1.44 bits per heavy atom. The molecule has 0 bridgehead atoms. The second kappa shape index (κ2) is 25.2. The monoisotopic (exact) mass is 760 g/mol. The second-order valence-corrected chi connectivity index (χ2v) is 16.5. The van der Waals surface area contributed by atoms with Gasteiger partial charge in [-0.1, -0.05) is 132 Å². The van der Waals surface area contributed by atoms with E-state index in [9.17, 15) is 4.89 Å². The van der Waals surface area contributed by atoms with Gasteiger partial charge in [0, 0.05) is 24.6 Å². The van der Waals surface area contributed by atoms with Crippen LogP contribution < -0.4 is 9.47 Å². The molecule has 3 aromatic rings. The van der Waals surface area contributed by atoms with Gasteiger partial charge in [-0.05, 0) is 87.9 Å². The predicted octanol–water partition coefficient (Wildman–Crippen LogP) is 12.5. The third-order valence-electron chi connectivity index (χ3n) is 10.4. The van der Waals surface area contributed by atoms with Crippen LogP contribution in [0, 0.1) is 11.3 Å². The third-order valence-corrected chi connectivity index (χ3v) is 12.2. The summed E-state index contributed by atoms with van der Waals surface area (Å²) in [5.74, 6) is 1.65. The summed E-state index contributed by atoms with van der Waals surface area (Å²) in [7, 11) is 1.74. The van der Waals surface area contributed by atoms with Gasteiger partial charge in [0.2, 0.25) is 0 Å². The molecule has 3 aromatic carbocycles. The number of rotatable bonds is 29. The van der Waals surface area contributed by atoms with Crippen LogP contribution in [-0.2, 0) is 14.9 Å². The molecule has 0 aromatic heterocycles. The van der Waals surface area contributed by atoms with Gasteiger partial charge in [0.25, 0.3) is 8.53 Å². The minimum Gasteiger partial charge on any atom is -0.497 e. The Bertz CT molecular complexity index is 1400. The van der Waals surface area contributed by atoms with E-state index in [2.05, 4.69) is 88.4 Å². The highest BCUT2D eigenvalue weighted by atomic mass is 31.2. The summed E-state index contributed by atoms with van der Waals surface area (Å²) in [6.07, 6.45) is 18.5. The number of hydrogen-bond acceptors (Lipinski definition) is 7. The molecular formula is C46H69N2O5P. The summed E-state index contributed by atoms with van der Waals surface area (Å²) < 4.78 is 25.9. The molecule has 0 aliphatic heterocycles. The van der Waals surface area contributed by atoms with Crippen LogP contribution in [-0.4, -0.2) is 48.6 Å². The van der Waals surface area contributed by atoms with Crippen LogP contribution in [0.1, 0.15) is 147 Å². The molecule has 0 heterocycles. The number of hydrogen-bond donors (Lipinski definition) is 1. The summed E-state index contributed by atoms with van der Waals surface area (Å²) >= 11 is 0. The van der Waals surface area contributed by atoms with E-state index in [0.717, 1.165) is 60.3 Å². The maximum absolute atomic E-state index is 10.8. The minimum atomic E-state index is -1.65. The van der Waals surface area contributed by atoms with Gasteiger partial charge >= 0.3 is 0 Å². The van der Waals surface area contributed by atoms with Crippen molar-refractivity contribution in [1.82, 2.24) is 4.67 Å². The van der Waals surface area contributed by atoms with Crippen molar-refractivity contribution in [3.8, 4) is 17.6 Å². The van der Waals surface area contributed by atoms with Crippen molar-refractivity contribution >= 4 is 8.53 Å². The van der Waals surface area contributed by atoms with Gasteiger partial charge in [-0.2, -0.15) is 5.26 Å². The Balaban J connectivity index is 1.30. The van der Waals surface area contributed by atoms with E-state index in [4.69, 9.17) is 24.0 Å². The molecular weight excluding hydrogens is 691 g/mol.